The van der Waals surface area contributed by atoms with Crippen LogP contribution >= 0.6 is 7.37 Å². The molecule has 7 heteroatoms. The summed E-state index contributed by atoms with van der Waals surface area (Å²) in [6.45, 7) is 1.72. The van der Waals surface area contributed by atoms with Gasteiger partial charge in [0.25, 0.3) is 7.37 Å². The number of halogens is 4. The van der Waals surface area contributed by atoms with Crippen molar-refractivity contribution >= 4 is 7.37 Å². The Labute approximate surface area is 73.3 Å². The first-order valence-electron chi connectivity index (χ1n) is 3.45. The fraction of sp³-hybridized carbons (Fsp3) is 0.667. The molecule has 0 fully saturated rings. The maximum absolute atomic E-state index is 12.2. The van der Waals surface area contributed by atoms with Gasteiger partial charge >= 0.3 is 6.08 Å². The monoisotopic (exact) mass is 222 g/mol. The molecule has 1 atom stereocenters. The Morgan fingerprint density at radius 1 is 1.38 bits per heavy atom. The summed E-state index contributed by atoms with van der Waals surface area (Å²) in [7, 11) is -4.39. The van der Waals surface area contributed by atoms with Crippen LogP contribution in [0.5, 0.6) is 0 Å². The standard InChI is InChI=1S/C6H10F3O2P.FH/c1-2-3-4-12(10,11)6(9)5(7)8;/h2-4H2,1H3,(H,10,11);1H. The molecule has 0 amide bonds. The SMILES string of the molecule is CCCCP(=O)(O)C(F)=C(F)F.F. The highest BCUT2D eigenvalue weighted by molar-refractivity contribution is 7.62. The Morgan fingerprint density at radius 3 is 2.15 bits per heavy atom. The van der Waals surface area contributed by atoms with Crippen LogP contribution in [0, 0.1) is 0 Å². The van der Waals surface area contributed by atoms with Crippen LogP contribution in [-0.2, 0) is 4.57 Å². The van der Waals surface area contributed by atoms with Gasteiger partial charge in [-0.2, -0.15) is 13.2 Å². The van der Waals surface area contributed by atoms with Gasteiger partial charge in [-0.15, -0.1) is 0 Å². The van der Waals surface area contributed by atoms with Crippen molar-refractivity contribution < 1.29 is 27.3 Å². The van der Waals surface area contributed by atoms with Crippen molar-refractivity contribution in [2.75, 3.05) is 6.16 Å². The lowest BCUT2D eigenvalue weighted by molar-refractivity contribution is 0.380. The predicted molar refractivity (Wildman–Crippen MR) is 42.5 cm³/mol. The van der Waals surface area contributed by atoms with Gasteiger partial charge in [0.1, 0.15) is 0 Å². The Balaban J connectivity index is 0. The van der Waals surface area contributed by atoms with Gasteiger partial charge < -0.3 is 4.89 Å². The minimum Gasteiger partial charge on any atom is -0.339 e. The zero-order valence-corrected chi connectivity index (χ0v) is 7.86. The molecule has 0 aromatic heterocycles. The minimum atomic E-state index is -4.39. The third-order valence-electron chi connectivity index (χ3n) is 1.28. The molecule has 0 heterocycles. The molecule has 0 aliphatic heterocycles. The van der Waals surface area contributed by atoms with Crippen LogP contribution in [0.3, 0.4) is 0 Å². The first-order chi connectivity index (χ1) is 5.41. The van der Waals surface area contributed by atoms with E-state index in [-0.39, 0.29) is 11.1 Å². The lowest BCUT2D eigenvalue weighted by atomic mass is 10.4. The van der Waals surface area contributed by atoms with E-state index in [1.165, 1.54) is 0 Å². The molecule has 2 nitrogen and oxygen atoms in total. The first-order valence-corrected chi connectivity index (χ1v) is 5.29. The second kappa shape index (κ2) is 6.16. The number of hydrogen-bond donors (Lipinski definition) is 1. The molecule has 0 aliphatic carbocycles. The van der Waals surface area contributed by atoms with Crippen molar-refractivity contribution in [2.45, 2.75) is 19.8 Å². The van der Waals surface area contributed by atoms with E-state index >= 15 is 0 Å². The Kier molecular flexibility index (Phi) is 7.17. The van der Waals surface area contributed by atoms with Crippen molar-refractivity contribution in [2.24, 2.45) is 0 Å². The lowest BCUT2D eigenvalue weighted by Gasteiger charge is -2.06. The second-order valence-electron chi connectivity index (χ2n) is 2.33. The summed E-state index contributed by atoms with van der Waals surface area (Å²) in [6, 6.07) is 0. The van der Waals surface area contributed by atoms with Gasteiger partial charge in [0.2, 0.25) is 5.57 Å². The maximum Gasteiger partial charge on any atom is 0.311 e. The quantitative estimate of drug-likeness (QED) is 0.585. The van der Waals surface area contributed by atoms with Crippen LogP contribution in [-0.4, -0.2) is 11.1 Å². The summed E-state index contributed by atoms with van der Waals surface area (Å²) in [6.07, 6.45) is -2.30. The summed E-state index contributed by atoms with van der Waals surface area (Å²) in [5.41, 5.74) is -2.16. The third-order valence-corrected chi connectivity index (χ3v) is 2.98. The molecule has 13 heavy (non-hydrogen) atoms. The van der Waals surface area contributed by atoms with Gasteiger partial charge in [0.05, 0.1) is 0 Å². The summed E-state index contributed by atoms with van der Waals surface area (Å²) < 4.78 is 46.0. The highest BCUT2D eigenvalue weighted by Gasteiger charge is 2.28. The molecule has 0 bridgehead atoms. The van der Waals surface area contributed by atoms with E-state index in [0.717, 1.165) is 0 Å². The molecule has 0 rings (SSSR count). The normalized spacial score (nSPS) is 14.2. The van der Waals surface area contributed by atoms with E-state index in [0.29, 0.717) is 6.42 Å². The topological polar surface area (TPSA) is 37.3 Å². The van der Waals surface area contributed by atoms with Crippen molar-refractivity contribution in [1.29, 1.82) is 0 Å². The molecule has 0 saturated carbocycles. The number of rotatable bonds is 4. The molecule has 0 radical (unpaired) electrons. The van der Waals surface area contributed by atoms with Gasteiger partial charge in [0, 0.05) is 6.16 Å². The smallest absolute Gasteiger partial charge is 0.311 e. The zero-order valence-electron chi connectivity index (χ0n) is 6.97. The van der Waals surface area contributed by atoms with E-state index < -0.39 is 25.2 Å². The Morgan fingerprint density at radius 2 is 1.85 bits per heavy atom. The second-order valence-corrected chi connectivity index (χ2v) is 4.57. The van der Waals surface area contributed by atoms with E-state index in [4.69, 9.17) is 4.89 Å². The van der Waals surface area contributed by atoms with Crippen molar-refractivity contribution in [3.8, 4) is 0 Å². The fourth-order valence-electron chi connectivity index (χ4n) is 0.603. The molecular weight excluding hydrogens is 211 g/mol. The summed E-state index contributed by atoms with van der Waals surface area (Å²) >= 11 is 0. The Hall–Kier alpha value is -0.350. The average molecular weight is 222 g/mol. The lowest BCUT2D eigenvalue weighted by Crippen LogP contribution is -1.90. The van der Waals surface area contributed by atoms with Crippen LogP contribution in [0.1, 0.15) is 19.8 Å². The maximum atomic E-state index is 12.2. The van der Waals surface area contributed by atoms with Gasteiger partial charge in [0.15, 0.2) is 0 Å². The van der Waals surface area contributed by atoms with Crippen LogP contribution < -0.4 is 0 Å². The first kappa shape index (κ1) is 15.1. The van der Waals surface area contributed by atoms with E-state index in [9.17, 15) is 17.7 Å². The van der Waals surface area contributed by atoms with Gasteiger partial charge in [-0.1, -0.05) is 13.3 Å². The van der Waals surface area contributed by atoms with Crippen LogP contribution in [0.2, 0.25) is 0 Å². The zero-order chi connectivity index (χ0) is 9.78. The molecule has 80 valence electrons. The molecule has 0 aromatic carbocycles. The van der Waals surface area contributed by atoms with Crippen molar-refractivity contribution in [3.05, 3.63) is 11.6 Å². The van der Waals surface area contributed by atoms with E-state index in [1.54, 1.807) is 6.92 Å². The number of unbranched alkanes of at least 4 members (excludes halogenated alkanes) is 1. The molecule has 1 N–H and O–H groups in total. The predicted octanol–water partition coefficient (Wildman–Crippen LogP) is 3.24. The van der Waals surface area contributed by atoms with Gasteiger partial charge in [-0.25, -0.2) is 0 Å². The largest absolute Gasteiger partial charge is 0.339 e. The summed E-state index contributed by atoms with van der Waals surface area (Å²) in [5, 5.41) is 0. The summed E-state index contributed by atoms with van der Waals surface area (Å²) in [5.74, 6) is 0. The molecule has 0 aromatic rings. The van der Waals surface area contributed by atoms with Crippen LogP contribution in [0.15, 0.2) is 11.6 Å². The molecule has 0 spiro atoms. The van der Waals surface area contributed by atoms with Crippen molar-refractivity contribution in [1.82, 2.24) is 0 Å². The van der Waals surface area contributed by atoms with E-state index in [1.807, 2.05) is 0 Å². The highest BCUT2D eigenvalue weighted by Crippen LogP contribution is 2.52. The fourth-order valence-corrected chi connectivity index (χ4v) is 1.81. The highest BCUT2D eigenvalue weighted by atomic mass is 31.2. The van der Waals surface area contributed by atoms with Crippen LogP contribution in [0.25, 0.3) is 0 Å². The van der Waals surface area contributed by atoms with Crippen LogP contribution in [0.4, 0.5) is 17.9 Å². The third kappa shape index (κ3) is 5.05. The number of hydrogen-bond acceptors (Lipinski definition) is 1. The molecule has 1 unspecified atom stereocenters. The molecule has 0 saturated heterocycles. The van der Waals surface area contributed by atoms with Gasteiger partial charge in [-0.05, 0) is 6.42 Å². The average Bonchev–Trinajstić information content (AvgIpc) is 1.99. The molecular formula is C6H11F4O2P. The Bertz CT molecular complexity index is 225. The van der Waals surface area contributed by atoms with Crippen molar-refractivity contribution in [3.63, 3.8) is 0 Å². The summed E-state index contributed by atoms with van der Waals surface area (Å²) in [4.78, 5) is 8.73. The minimum absolute atomic E-state index is 0. The van der Waals surface area contributed by atoms with E-state index in [2.05, 4.69) is 0 Å². The molecule has 0 aliphatic rings. The van der Waals surface area contributed by atoms with Gasteiger partial charge in [-0.3, -0.25) is 9.27 Å².